The smallest absolute Gasteiger partial charge is 0.123 e. The third-order valence-electron chi connectivity index (χ3n) is 2.73. The number of rotatable bonds is 6. The lowest BCUT2D eigenvalue weighted by molar-refractivity contribution is 0.310. The van der Waals surface area contributed by atoms with Crippen molar-refractivity contribution in [3.63, 3.8) is 0 Å². The summed E-state index contributed by atoms with van der Waals surface area (Å²) in [6.45, 7) is 3.15. The molecule has 0 amide bonds. The molecule has 2 aromatic carbocycles. The molecule has 0 atom stereocenters. The summed E-state index contributed by atoms with van der Waals surface area (Å²) in [5.74, 6) is 1.32. The number of ether oxygens (including phenoxy) is 2. The maximum Gasteiger partial charge on any atom is 0.123 e. The van der Waals surface area contributed by atoms with Crippen LogP contribution in [0.15, 0.2) is 48.5 Å². The van der Waals surface area contributed by atoms with Gasteiger partial charge in [-0.15, -0.1) is 0 Å². The van der Waals surface area contributed by atoms with E-state index in [2.05, 4.69) is 0 Å². The second kappa shape index (κ2) is 6.78. The molecule has 0 saturated carbocycles. The Kier molecular flexibility index (Phi) is 4.78. The van der Waals surface area contributed by atoms with Gasteiger partial charge in [0.25, 0.3) is 0 Å². The predicted molar refractivity (Wildman–Crippen MR) is 73.2 cm³/mol. The summed E-state index contributed by atoms with van der Waals surface area (Å²) in [5.41, 5.74) is 1.12. The average Bonchev–Trinajstić information content (AvgIpc) is 2.43. The summed E-state index contributed by atoms with van der Waals surface area (Å²) in [5, 5.41) is 0. The fourth-order valence-electron chi connectivity index (χ4n) is 1.82. The van der Waals surface area contributed by atoms with E-state index in [1.807, 2.05) is 31.2 Å². The molecule has 19 heavy (non-hydrogen) atoms. The van der Waals surface area contributed by atoms with Crippen LogP contribution in [-0.2, 0) is 6.42 Å². The largest absolute Gasteiger partial charge is 0.494 e. The first-order valence-corrected chi connectivity index (χ1v) is 6.38. The van der Waals surface area contributed by atoms with Crippen LogP contribution in [0.1, 0.15) is 12.5 Å². The Bertz CT molecular complexity index is 508. The molecule has 0 saturated heterocycles. The molecule has 0 radical (unpaired) electrons. The monoisotopic (exact) mass is 260 g/mol. The summed E-state index contributed by atoms with van der Waals surface area (Å²) in [6.07, 6.45) is 0.757. The zero-order chi connectivity index (χ0) is 13.5. The topological polar surface area (TPSA) is 18.5 Å². The lowest BCUT2D eigenvalue weighted by atomic mass is 10.1. The molecule has 0 unspecified atom stereocenters. The fraction of sp³-hybridized carbons (Fsp3) is 0.250. The first kappa shape index (κ1) is 13.4. The van der Waals surface area contributed by atoms with Crippen molar-refractivity contribution in [2.75, 3.05) is 13.2 Å². The van der Waals surface area contributed by atoms with Crippen molar-refractivity contribution in [2.24, 2.45) is 0 Å². The van der Waals surface area contributed by atoms with Gasteiger partial charge in [0.2, 0.25) is 0 Å². The summed E-state index contributed by atoms with van der Waals surface area (Å²) < 4.78 is 23.9. The number of benzene rings is 2. The maximum atomic E-state index is 12.7. The molecule has 0 aliphatic rings. The Labute approximate surface area is 112 Å². The zero-order valence-electron chi connectivity index (χ0n) is 10.9. The van der Waals surface area contributed by atoms with Crippen LogP contribution in [0.2, 0.25) is 0 Å². The standard InChI is InChI=1S/C16H17FO2/c1-2-18-16-6-4-3-5-13(16)11-12-19-15-9-7-14(17)8-10-15/h3-10H,2,11-12H2,1H3. The van der Waals surface area contributed by atoms with E-state index in [4.69, 9.17) is 9.47 Å². The van der Waals surface area contributed by atoms with Crippen molar-refractivity contribution in [3.05, 3.63) is 59.9 Å². The molecular formula is C16H17FO2. The molecular weight excluding hydrogens is 243 g/mol. The van der Waals surface area contributed by atoms with Crippen LogP contribution in [0.5, 0.6) is 11.5 Å². The van der Waals surface area contributed by atoms with E-state index < -0.39 is 0 Å². The van der Waals surface area contributed by atoms with Crippen molar-refractivity contribution < 1.29 is 13.9 Å². The minimum atomic E-state index is -0.256. The average molecular weight is 260 g/mol. The second-order valence-corrected chi connectivity index (χ2v) is 4.09. The fourth-order valence-corrected chi connectivity index (χ4v) is 1.82. The molecule has 0 aromatic heterocycles. The quantitative estimate of drug-likeness (QED) is 0.785. The van der Waals surface area contributed by atoms with E-state index in [1.165, 1.54) is 12.1 Å². The highest BCUT2D eigenvalue weighted by Crippen LogP contribution is 2.19. The van der Waals surface area contributed by atoms with Crippen LogP contribution in [0.25, 0.3) is 0 Å². The van der Waals surface area contributed by atoms with Crippen molar-refractivity contribution in [2.45, 2.75) is 13.3 Å². The van der Waals surface area contributed by atoms with Crippen LogP contribution >= 0.6 is 0 Å². The van der Waals surface area contributed by atoms with Crippen molar-refractivity contribution in [1.29, 1.82) is 0 Å². The van der Waals surface area contributed by atoms with E-state index in [1.54, 1.807) is 12.1 Å². The van der Waals surface area contributed by atoms with Crippen molar-refractivity contribution >= 4 is 0 Å². The molecule has 2 rings (SSSR count). The molecule has 0 N–H and O–H groups in total. The van der Waals surface area contributed by atoms with Gasteiger partial charge in [0.05, 0.1) is 13.2 Å². The molecule has 0 heterocycles. The van der Waals surface area contributed by atoms with Gasteiger partial charge in [-0.2, -0.15) is 0 Å². The summed E-state index contributed by atoms with van der Waals surface area (Å²) >= 11 is 0. The molecule has 0 aliphatic heterocycles. The Morgan fingerprint density at radius 1 is 0.947 bits per heavy atom. The van der Waals surface area contributed by atoms with Gasteiger partial charge in [0.1, 0.15) is 17.3 Å². The summed E-state index contributed by atoms with van der Waals surface area (Å²) in [7, 11) is 0. The minimum absolute atomic E-state index is 0.256. The molecule has 0 spiro atoms. The van der Waals surface area contributed by atoms with Gasteiger partial charge < -0.3 is 9.47 Å². The van der Waals surface area contributed by atoms with E-state index in [0.29, 0.717) is 19.0 Å². The SMILES string of the molecule is CCOc1ccccc1CCOc1ccc(F)cc1. The molecule has 3 heteroatoms. The van der Waals surface area contributed by atoms with E-state index in [9.17, 15) is 4.39 Å². The van der Waals surface area contributed by atoms with E-state index in [-0.39, 0.29) is 5.82 Å². The van der Waals surface area contributed by atoms with Gasteiger partial charge in [-0.1, -0.05) is 18.2 Å². The Morgan fingerprint density at radius 3 is 2.42 bits per heavy atom. The maximum absolute atomic E-state index is 12.7. The highest BCUT2D eigenvalue weighted by molar-refractivity contribution is 5.33. The van der Waals surface area contributed by atoms with Crippen LogP contribution in [0.4, 0.5) is 4.39 Å². The lowest BCUT2D eigenvalue weighted by Gasteiger charge is -2.10. The first-order valence-electron chi connectivity index (χ1n) is 6.38. The lowest BCUT2D eigenvalue weighted by Crippen LogP contribution is -2.04. The van der Waals surface area contributed by atoms with Gasteiger partial charge in [0.15, 0.2) is 0 Å². The van der Waals surface area contributed by atoms with Gasteiger partial charge in [-0.3, -0.25) is 0 Å². The number of hydrogen-bond acceptors (Lipinski definition) is 2. The zero-order valence-corrected chi connectivity index (χ0v) is 10.9. The van der Waals surface area contributed by atoms with E-state index in [0.717, 1.165) is 17.7 Å². The Balaban J connectivity index is 1.90. The number of halogens is 1. The van der Waals surface area contributed by atoms with Crippen LogP contribution < -0.4 is 9.47 Å². The Hall–Kier alpha value is -2.03. The van der Waals surface area contributed by atoms with Crippen LogP contribution in [-0.4, -0.2) is 13.2 Å². The molecule has 0 bridgehead atoms. The third-order valence-corrected chi connectivity index (χ3v) is 2.73. The van der Waals surface area contributed by atoms with Gasteiger partial charge in [0, 0.05) is 6.42 Å². The molecule has 0 aliphatic carbocycles. The van der Waals surface area contributed by atoms with Crippen LogP contribution in [0.3, 0.4) is 0 Å². The Morgan fingerprint density at radius 2 is 1.68 bits per heavy atom. The predicted octanol–water partition coefficient (Wildman–Crippen LogP) is 3.85. The minimum Gasteiger partial charge on any atom is -0.494 e. The van der Waals surface area contributed by atoms with Crippen LogP contribution in [0, 0.1) is 5.82 Å². The normalized spacial score (nSPS) is 10.2. The van der Waals surface area contributed by atoms with Crippen molar-refractivity contribution in [3.8, 4) is 11.5 Å². The molecule has 0 fully saturated rings. The highest BCUT2D eigenvalue weighted by Gasteiger charge is 2.02. The van der Waals surface area contributed by atoms with Gasteiger partial charge in [-0.25, -0.2) is 4.39 Å². The van der Waals surface area contributed by atoms with Gasteiger partial charge >= 0.3 is 0 Å². The third kappa shape index (κ3) is 3.98. The van der Waals surface area contributed by atoms with Gasteiger partial charge in [-0.05, 0) is 42.8 Å². The number of hydrogen-bond donors (Lipinski definition) is 0. The summed E-state index contributed by atoms with van der Waals surface area (Å²) in [4.78, 5) is 0. The molecule has 100 valence electrons. The van der Waals surface area contributed by atoms with E-state index >= 15 is 0 Å². The first-order chi connectivity index (χ1) is 9.29. The summed E-state index contributed by atoms with van der Waals surface area (Å²) in [6, 6.07) is 14.0. The van der Waals surface area contributed by atoms with Crippen molar-refractivity contribution in [1.82, 2.24) is 0 Å². The number of para-hydroxylation sites is 1. The molecule has 2 aromatic rings. The highest BCUT2D eigenvalue weighted by atomic mass is 19.1. The molecule has 2 nitrogen and oxygen atoms in total. The second-order valence-electron chi connectivity index (χ2n) is 4.09.